The first-order valence-electron chi connectivity index (χ1n) is 3.85. The van der Waals surface area contributed by atoms with Gasteiger partial charge in [0.2, 0.25) is 0 Å². The lowest BCUT2D eigenvalue weighted by Gasteiger charge is -1.93. The van der Waals surface area contributed by atoms with Gasteiger partial charge in [-0.15, -0.1) is 0 Å². The minimum absolute atomic E-state index is 0.952. The van der Waals surface area contributed by atoms with E-state index in [4.69, 9.17) is 5.84 Å². The molecule has 0 saturated carbocycles. The third-order valence-corrected chi connectivity index (χ3v) is 0.925. The van der Waals surface area contributed by atoms with Crippen molar-refractivity contribution in [3.63, 3.8) is 0 Å². The number of hydrogen-bond acceptors (Lipinski definition) is 2. The summed E-state index contributed by atoms with van der Waals surface area (Å²) in [7, 11) is 0. The van der Waals surface area contributed by atoms with Crippen LogP contribution in [0.15, 0.2) is 0 Å². The molecule has 0 aliphatic carbocycles. The van der Waals surface area contributed by atoms with Crippen LogP contribution < -0.4 is 11.3 Å². The second-order valence-corrected chi connectivity index (χ2v) is 1.66. The van der Waals surface area contributed by atoms with Crippen LogP contribution in [0.2, 0.25) is 0 Å². The van der Waals surface area contributed by atoms with E-state index in [-0.39, 0.29) is 0 Å². The normalized spacial score (nSPS) is 8.00. The van der Waals surface area contributed by atoms with E-state index in [1.165, 1.54) is 19.3 Å². The highest BCUT2D eigenvalue weighted by molar-refractivity contribution is 4.37. The van der Waals surface area contributed by atoms with Crippen LogP contribution in [0.3, 0.4) is 0 Å². The highest BCUT2D eigenvalue weighted by atomic mass is 15.2. The maximum Gasteiger partial charge on any atom is 0.00974 e. The molecule has 2 heteroatoms. The minimum Gasteiger partial charge on any atom is -0.271 e. The van der Waals surface area contributed by atoms with Gasteiger partial charge in [0, 0.05) is 6.54 Å². The van der Waals surface area contributed by atoms with Crippen molar-refractivity contribution in [1.82, 2.24) is 5.43 Å². The van der Waals surface area contributed by atoms with Crippen LogP contribution in [0, 0.1) is 0 Å². The molecular formula is C7H20N2. The van der Waals surface area contributed by atoms with Crippen molar-refractivity contribution < 1.29 is 0 Å². The van der Waals surface area contributed by atoms with Crippen LogP contribution in [0.25, 0.3) is 0 Å². The molecular weight excluding hydrogens is 112 g/mol. The smallest absolute Gasteiger partial charge is 0.00974 e. The first-order chi connectivity index (χ1) is 4.41. The summed E-state index contributed by atoms with van der Waals surface area (Å²) in [5, 5.41) is 0. The van der Waals surface area contributed by atoms with E-state index < -0.39 is 0 Å². The van der Waals surface area contributed by atoms with Crippen LogP contribution in [-0.4, -0.2) is 6.54 Å². The molecule has 0 aromatic rings. The van der Waals surface area contributed by atoms with E-state index in [9.17, 15) is 0 Å². The number of rotatable bonds is 4. The number of nitrogens with one attached hydrogen (secondary N) is 1. The molecule has 0 aromatic carbocycles. The van der Waals surface area contributed by atoms with Crippen LogP contribution >= 0.6 is 0 Å². The Morgan fingerprint density at radius 1 is 1.22 bits per heavy atom. The van der Waals surface area contributed by atoms with Crippen molar-refractivity contribution in [3.05, 3.63) is 0 Å². The molecule has 9 heavy (non-hydrogen) atoms. The summed E-state index contributed by atoms with van der Waals surface area (Å²) in [6.07, 6.45) is 3.75. The lowest BCUT2D eigenvalue weighted by atomic mass is 10.3. The molecule has 0 radical (unpaired) electrons. The van der Waals surface area contributed by atoms with Gasteiger partial charge in [0.05, 0.1) is 0 Å². The van der Waals surface area contributed by atoms with Gasteiger partial charge in [-0.3, -0.25) is 11.3 Å². The molecule has 0 aliphatic heterocycles. The van der Waals surface area contributed by atoms with E-state index in [0.717, 1.165) is 6.54 Å². The van der Waals surface area contributed by atoms with E-state index >= 15 is 0 Å². The van der Waals surface area contributed by atoms with E-state index in [2.05, 4.69) is 12.3 Å². The van der Waals surface area contributed by atoms with E-state index in [1.807, 2.05) is 13.8 Å². The zero-order valence-corrected chi connectivity index (χ0v) is 6.91. The van der Waals surface area contributed by atoms with Gasteiger partial charge in [-0.1, -0.05) is 33.6 Å². The highest BCUT2D eigenvalue weighted by Crippen LogP contribution is 1.89. The summed E-state index contributed by atoms with van der Waals surface area (Å²) >= 11 is 0. The summed E-state index contributed by atoms with van der Waals surface area (Å²) < 4.78 is 0. The van der Waals surface area contributed by atoms with Crippen LogP contribution in [0.1, 0.15) is 40.0 Å². The Hall–Kier alpha value is -0.0800. The van der Waals surface area contributed by atoms with Crippen LogP contribution in [0.4, 0.5) is 0 Å². The quantitative estimate of drug-likeness (QED) is 0.347. The van der Waals surface area contributed by atoms with E-state index in [1.54, 1.807) is 0 Å². The zero-order valence-electron chi connectivity index (χ0n) is 6.91. The molecule has 0 bridgehead atoms. The van der Waals surface area contributed by atoms with Crippen molar-refractivity contribution in [1.29, 1.82) is 0 Å². The Labute approximate surface area is 58.8 Å². The second-order valence-electron chi connectivity index (χ2n) is 1.66. The first-order valence-corrected chi connectivity index (χ1v) is 3.85. The maximum absolute atomic E-state index is 5.02. The molecule has 0 aromatic heterocycles. The summed E-state index contributed by atoms with van der Waals surface area (Å²) in [4.78, 5) is 0. The fourth-order valence-corrected chi connectivity index (χ4v) is 0.477. The predicted octanol–water partition coefficient (Wildman–Crippen LogP) is 1.67. The largest absolute Gasteiger partial charge is 0.271 e. The van der Waals surface area contributed by atoms with Gasteiger partial charge in [0.25, 0.3) is 0 Å². The lowest BCUT2D eigenvalue weighted by molar-refractivity contribution is 0.637. The summed E-state index contributed by atoms with van der Waals surface area (Å²) in [5.41, 5.74) is 2.60. The van der Waals surface area contributed by atoms with Gasteiger partial charge in [-0.05, 0) is 6.42 Å². The monoisotopic (exact) mass is 132 g/mol. The Bertz CT molecular complexity index is 26.1. The molecule has 0 spiro atoms. The fraction of sp³-hybridized carbons (Fsp3) is 1.00. The summed E-state index contributed by atoms with van der Waals surface area (Å²) in [6.45, 7) is 7.13. The Morgan fingerprint density at radius 3 is 2.11 bits per heavy atom. The fourth-order valence-electron chi connectivity index (χ4n) is 0.477. The van der Waals surface area contributed by atoms with Gasteiger partial charge >= 0.3 is 0 Å². The minimum atomic E-state index is 0.952. The first kappa shape index (κ1) is 11.7. The van der Waals surface area contributed by atoms with E-state index in [0.29, 0.717) is 0 Å². The molecule has 0 heterocycles. The SMILES string of the molecule is CC.CCCCCNN. The maximum atomic E-state index is 5.02. The van der Waals surface area contributed by atoms with Gasteiger partial charge in [-0.2, -0.15) is 0 Å². The standard InChI is InChI=1S/C5H14N2.C2H6/c1-2-3-4-5-7-6;1-2/h7H,2-6H2,1H3;1-2H3. The molecule has 0 amide bonds. The van der Waals surface area contributed by atoms with Gasteiger partial charge < -0.3 is 0 Å². The van der Waals surface area contributed by atoms with Gasteiger partial charge in [0.1, 0.15) is 0 Å². The lowest BCUT2D eigenvalue weighted by Crippen LogP contribution is -2.22. The molecule has 0 unspecified atom stereocenters. The van der Waals surface area contributed by atoms with Crippen molar-refractivity contribution in [2.24, 2.45) is 5.84 Å². The molecule has 2 nitrogen and oxygen atoms in total. The zero-order chi connectivity index (χ0) is 7.54. The molecule has 0 aliphatic rings. The highest BCUT2D eigenvalue weighted by Gasteiger charge is 1.79. The number of hydrogen-bond donors (Lipinski definition) is 2. The van der Waals surface area contributed by atoms with Crippen molar-refractivity contribution in [2.75, 3.05) is 6.54 Å². The average molecular weight is 132 g/mol. The Kier molecular flexibility index (Phi) is 20.3. The number of nitrogens with two attached hydrogens (primary N) is 1. The summed E-state index contributed by atoms with van der Waals surface area (Å²) in [5.74, 6) is 5.02. The van der Waals surface area contributed by atoms with Crippen molar-refractivity contribution in [3.8, 4) is 0 Å². The summed E-state index contributed by atoms with van der Waals surface area (Å²) in [6, 6.07) is 0. The number of unbranched alkanes of at least 4 members (excludes halogenated alkanes) is 2. The van der Waals surface area contributed by atoms with Crippen LogP contribution in [0.5, 0.6) is 0 Å². The Morgan fingerprint density at radius 2 is 1.78 bits per heavy atom. The molecule has 0 saturated heterocycles. The molecule has 3 N–H and O–H groups in total. The van der Waals surface area contributed by atoms with Gasteiger partial charge in [0.15, 0.2) is 0 Å². The molecule has 0 atom stereocenters. The van der Waals surface area contributed by atoms with Gasteiger partial charge in [-0.25, -0.2) is 0 Å². The third-order valence-electron chi connectivity index (χ3n) is 0.925. The predicted molar refractivity (Wildman–Crippen MR) is 43.1 cm³/mol. The van der Waals surface area contributed by atoms with Crippen molar-refractivity contribution >= 4 is 0 Å². The third kappa shape index (κ3) is 18.1. The Balaban J connectivity index is 0. The van der Waals surface area contributed by atoms with Crippen LogP contribution in [-0.2, 0) is 0 Å². The number of hydrazine groups is 1. The second kappa shape index (κ2) is 15.7. The average Bonchev–Trinajstić information content (AvgIpc) is 1.94. The topological polar surface area (TPSA) is 38.0 Å². The molecule has 58 valence electrons. The molecule has 0 fully saturated rings. The molecule has 0 rings (SSSR count). The van der Waals surface area contributed by atoms with Crippen molar-refractivity contribution in [2.45, 2.75) is 40.0 Å².